The summed E-state index contributed by atoms with van der Waals surface area (Å²) >= 11 is 0. The largest absolute Gasteiger partial charge is 0.443 e. The highest BCUT2D eigenvalue weighted by atomic mass is 16.6. The molecule has 0 aromatic carbocycles. The first-order valence-electron chi connectivity index (χ1n) is 5.57. The molecule has 0 radical (unpaired) electrons. The van der Waals surface area contributed by atoms with Gasteiger partial charge in [0.25, 0.3) is 0 Å². The van der Waals surface area contributed by atoms with E-state index in [1.165, 1.54) is 0 Å². The normalized spacial score (nSPS) is 13.4. The molecule has 0 aliphatic heterocycles. The lowest BCUT2D eigenvalue weighted by atomic mass is 10.0. The summed E-state index contributed by atoms with van der Waals surface area (Å²) in [4.78, 5) is 11.7. The molecular weight excluding hydrogens is 204 g/mol. The number of rotatable bonds is 4. The molecule has 4 nitrogen and oxygen atoms in total. The minimum Gasteiger partial charge on any atom is -0.443 e. The lowest BCUT2D eigenvalue weighted by Gasteiger charge is -2.29. The van der Waals surface area contributed by atoms with E-state index < -0.39 is 11.7 Å². The summed E-state index contributed by atoms with van der Waals surface area (Å²) in [6.07, 6.45) is 1.93. The quantitative estimate of drug-likeness (QED) is 0.348. The highest BCUT2D eigenvalue weighted by Gasteiger charge is 2.24. The summed E-state index contributed by atoms with van der Waals surface area (Å²) in [6.45, 7) is 13.3. The Morgan fingerprint density at radius 3 is 2.31 bits per heavy atom. The molecule has 94 valence electrons. The lowest BCUT2D eigenvalue weighted by Crippen LogP contribution is -2.47. The Kier molecular flexibility index (Phi) is 5.51. The van der Waals surface area contributed by atoms with Crippen LogP contribution in [-0.4, -0.2) is 22.7 Å². The van der Waals surface area contributed by atoms with E-state index >= 15 is 0 Å². The van der Waals surface area contributed by atoms with Crippen LogP contribution in [0.4, 0.5) is 4.79 Å². The van der Waals surface area contributed by atoms with Crippen LogP contribution >= 0.6 is 0 Å². The third-order valence-electron chi connectivity index (χ3n) is 1.95. The summed E-state index contributed by atoms with van der Waals surface area (Å²) in [6, 6.07) is -0.185. The second kappa shape index (κ2) is 5.89. The number of carbonyl (C=O) groups is 1. The smallest absolute Gasteiger partial charge is 0.425 e. The zero-order valence-corrected chi connectivity index (χ0v) is 11.0. The van der Waals surface area contributed by atoms with Gasteiger partial charge >= 0.3 is 6.09 Å². The molecule has 1 atom stereocenters. The van der Waals surface area contributed by atoms with E-state index in [4.69, 9.17) is 10.6 Å². The highest BCUT2D eigenvalue weighted by molar-refractivity contribution is 5.68. The highest BCUT2D eigenvalue weighted by Crippen LogP contribution is 2.14. The van der Waals surface area contributed by atoms with Gasteiger partial charge in [-0.25, -0.2) is 15.6 Å². The van der Waals surface area contributed by atoms with Crippen molar-refractivity contribution in [3.8, 4) is 0 Å². The minimum atomic E-state index is -0.530. The minimum absolute atomic E-state index is 0.185. The van der Waals surface area contributed by atoms with Gasteiger partial charge < -0.3 is 4.74 Å². The molecule has 2 N–H and O–H groups in total. The van der Waals surface area contributed by atoms with Crippen molar-refractivity contribution in [2.24, 2.45) is 11.8 Å². The van der Waals surface area contributed by atoms with Gasteiger partial charge in [0.15, 0.2) is 0 Å². The molecule has 0 rings (SSSR count). The number of nitrogens with two attached hydrogens (primary N) is 1. The second-order valence-corrected chi connectivity index (χ2v) is 5.32. The summed E-state index contributed by atoms with van der Waals surface area (Å²) in [7, 11) is 0. The zero-order chi connectivity index (χ0) is 12.9. The standard InChI is InChI=1S/C12H24N2O2/c1-7-10(8-9(2)3)14(13)11(15)16-12(4,5)6/h7,9-10H,1,8,13H2,2-6H3. The van der Waals surface area contributed by atoms with Crippen molar-refractivity contribution in [3.63, 3.8) is 0 Å². The fourth-order valence-corrected chi connectivity index (χ4v) is 1.26. The topological polar surface area (TPSA) is 55.6 Å². The third-order valence-corrected chi connectivity index (χ3v) is 1.95. The van der Waals surface area contributed by atoms with E-state index in [0.717, 1.165) is 11.4 Å². The van der Waals surface area contributed by atoms with Gasteiger partial charge in [-0.3, -0.25) is 0 Å². The first-order valence-corrected chi connectivity index (χ1v) is 5.57. The van der Waals surface area contributed by atoms with Crippen LogP contribution in [0.1, 0.15) is 41.0 Å². The van der Waals surface area contributed by atoms with Crippen LogP contribution in [-0.2, 0) is 4.74 Å². The summed E-state index contributed by atoms with van der Waals surface area (Å²) < 4.78 is 5.18. The Morgan fingerprint density at radius 2 is 2.00 bits per heavy atom. The third kappa shape index (κ3) is 5.75. The Morgan fingerprint density at radius 1 is 1.50 bits per heavy atom. The average Bonchev–Trinajstić information content (AvgIpc) is 2.09. The van der Waals surface area contributed by atoms with Gasteiger partial charge in [0.05, 0.1) is 6.04 Å². The SMILES string of the molecule is C=CC(CC(C)C)N(N)C(=O)OC(C)(C)C. The lowest BCUT2D eigenvalue weighted by molar-refractivity contribution is 0.0182. The van der Waals surface area contributed by atoms with E-state index in [1.807, 2.05) is 20.8 Å². The van der Waals surface area contributed by atoms with E-state index in [1.54, 1.807) is 6.08 Å². The molecule has 0 saturated heterocycles. The van der Waals surface area contributed by atoms with Gasteiger partial charge in [0, 0.05) is 0 Å². The molecule has 0 aromatic rings. The molecule has 0 aromatic heterocycles. The van der Waals surface area contributed by atoms with Crippen molar-refractivity contribution in [1.82, 2.24) is 5.01 Å². The van der Waals surface area contributed by atoms with Crippen LogP contribution < -0.4 is 5.84 Å². The Balaban J connectivity index is 4.44. The van der Waals surface area contributed by atoms with Gasteiger partial charge in [-0.15, -0.1) is 6.58 Å². The Hall–Kier alpha value is -1.03. The summed E-state index contributed by atoms with van der Waals surface area (Å²) in [5, 5.41) is 1.11. The van der Waals surface area contributed by atoms with Crippen LogP contribution in [0.25, 0.3) is 0 Å². The fourth-order valence-electron chi connectivity index (χ4n) is 1.26. The molecule has 0 saturated carbocycles. The van der Waals surface area contributed by atoms with E-state index in [-0.39, 0.29) is 6.04 Å². The maximum absolute atomic E-state index is 11.7. The van der Waals surface area contributed by atoms with Gasteiger partial charge in [0.2, 0.25) is 0 Å². The van der Waals surface area contributed by atoms with E-state index in [2.05, 4.69) is 20.4 Å². The van der Waals surface area contributed by atoms with Crippen LogP contribution in [0.5, 0.6) is 0 Å². The molecule has 0 fully saturated rings. The van der Waals surface area contributed by atoms with E-state index in [9.17, 15) is 4.79 Å². The number of hydrazine groups is 1. The summed E-state index contributed by atoms with van der Waals surface area (Å²) in [5.41, 5.74) is -0.530. The number of hydrogen-bond acceptors (Lipinski definition) is 3. The predicted octanol–water partition coefficient (Wildman–Crippen LogP) is 2.70. The monoisotopic (exact) mass is 228 g/mol. The van der Waals surface area contributed by atoms with Crippen molar-refractivity contribution in [2.75, 3.05) is 0 Å². The van der Waals surface area contributed by atoms with Gasteiger partial charge in [-0.05, 0) is 33.1 Å². The molecule has 16 heavy (non-hydrogen) atoms. The number of nitrogens with zero attached hydrogens (tertiary/aromatic N) is 1. The van der Waals surface area contributed by atoms with Crippen molar-refractivity contribution in [2.45, 2.75) is 52.7 Å². The number of ether oxygens (including phenoxy) is 1. The molecule has 0 aliphatic rings. The Bertz CT molecular complexity index is 244. The number of hydrogen-bond donors (Lipinski definition) is 1. The number of carbonyl (C=O) groups excluding carboxylic acids is 1. The molecule has 0 aliphatic carbocycles. The average molecular weight is 228 g/mol. The molecule has 0 heterocycles. The molecule has 1 unspecified atom stereocenters. The first kappa shape index (κ1) is 15.0. The second-order valence-electron chi connectivity index (χ2n) is 5.32. The maximum Gasteiger partial charge on any atom is 0.425 e. The molecule has 0 spiro atoms. The fraction of sp³-hybridized carbons (Fsp3) is 0.750. The van der Waals surface area contributed by atoms with Crippen LogP contribution in [0.15, 0.2) is 12.7 Å². The van der Waals surface area contributed by atoms with Crippen molar-refractivity contribution < 1.29 is 9.53 Å². The zero-order valence-electron chi connectivity index (χ0n) is 11.0. The molecular formula is C12H24N2O2. The molecule has 0 bridgehead atoms. The number of amides is 1. The van der Waals surface area contributed by atoms with Crippen LogP contribution in [0.2, 0.25) is 0 Å². The first-order chi connectivity index (χ1) is 7.17. The van der Waals surface area contributed by atoms with Crippen LogP contribution in [0, 0.1) is 5.92 Å². The van der Waals surface area contributed by atoms with E-state index in [0.29, 0.717) is 5.92 Å². The predicted molar refractivity (Wildman–Crippen MR) is 65.7 cm³/mol. The van der Waals surface area contributed by atoms with Gasteiger partial charge in [0.1, 0.15) is 5.60 Å². The van der Waals surface area contributed by atoms with Crippen LogP contribution in [0.3, 0.4) is 0 Å². The molecule has 4 heteroatoms. The van der Waals surface area contributed by atoms with Gasteiger partial charge in [-0.2, -0.15) is 0 Å². The van der Waals surface area contributed by atoms with Crippen molar-refractivity contribution in [3.05, 3.63) is 12.7 Å². The maximum atomic E-state index is 11.7. The van der Waals surface area contributed by atoms with Crippen molar-refractivity contribution >= 4 is 6.09 Å². The molecule has 1 amide bonds. The van der Waals surface area contributed by atoms with Crippen molar-refractivity contribution in [1.29, 1.82) is 0 Å². The summed E-state index contributed by atoms with van der Waals surface area (Å²) in [5.74, 6) is 6.16. The van der Waals surface area contributed by atoms with Gasteiger partial charge in [-0.1, -0.05) is 19.9 Å². The Labute approximate surface area is 98.4 Å².